The summed E-state index contributed by atoms with van der Waals surface area (Å²) in [5.41, 5.74) is 6.11. The normalized spacial score (nSPS) is 25.2. The van der Waals surface area contributed by atoms with Crippen LogP contribution in [0.3, 0.4) is 0 Å². The van der Waals surface area contributed by atoms with Gasteiger partial charge in [-0.1, -0.05) is 17.8 Å². The molecule has 4 rings (SSSR count). The number of hydrogen-bond donors (Lipinski definition) is 1. The van der Waals surface area contributed by atoms with Gasteiger partial charge in [-0.2, -0.15) is 0 Å². The molecule has 2 heterocycles. The van der Waals surface area contributed by atoms with Gasteiger partial charge in [-0.25, -0.2) is 19.4 Å². The van der Waals surface area contributed by atoms with Crippen LogP contribution in [0.4, 0.5) is 4.39 Å². The van der Waals surface area contributed by atoms with Gasteiger partial charge in [0, 0.05) is 24.9 Å². The highest BCUT2D eigenvalue weighted by molar-refractivity contribution is 8.15. The standard InChI is InChI=1S/C23H26FN5O4S/c1-5-33-19-12-26-16(11-27-19)17(30)9-13-6-7-15(24)14(8-13)22(2)18-10-23(18,34-21(25)28-22)20(31)29(3)32-4/h6-8,11-12,18H,5,9-10H2,1-4H3,(H2,25,28)/t18-,22+,23-/m0/s1. The number of aromatic nitrogens is 2. The fourth-order valence-electron chi connectivity index (χ4n) is 4.43. The lowest BCUT2D eigenvalue weighted by Crippen LogP contribution is -2.44. The van der Waals surface area contributed by atoms with Gasteiger partial charge in [0.1, 0.15) is 16.3 Å². The van der Waals surface area contributed by atoms with Crippen molar-refractivity contribution in [1.82, 2.24) is 15.0 Å². The molecule has 180 valence electrons. The van der Waals surface area contributed by atoms with Crippen molar-refractivity contribution >= 4 is 28.6 Å². The van der Waals surface area contributed by atoms with Gasteiger partial charge in [-0.05, 0) is 38.0 Å². The maximum Gasteiger partial charge on any atom is 0.262 e. The zero-order chi connectivity index (χ0) is 24.7. The van der Waals surface area contributed by atoms with E-state index in [4.69, 9.17) is 15.3 Å². The second kappa shape index (κ2) is 8.95. The molecule has 1 aliphatic carbocycles. The van der Waals surface area contributed by atoms with Crippen molar-refractivity contribution in [2.75, 3.05) is 20.8 Å². The molecule has 9 nitrogen and oxygen atoms in total. The SMILES string of the molecule is CCOc1cnc(C(=O)Cc2ccc(F)c([C@@]3(C)N=C(N)S[C@@]4(C(=O)N(C)OC)C[C@H]43)c2)cn1. The first kappa shape index (κ1) is 24.1. The number of ketones is 1. The Morgan fingerprint density at radius 1 is 1.32 bits per heavy atom. The van der Waals surface area contributed by atoms with E-state index in [9.17, 15) is 9.59 Å². The Labute approximate surface area is 200 Å². The number of ether oxygens (including phenoxy) is 1. The van der Waals surface area contributed by atoms with Crippen LogP contribution in [0.15, 0.2) is 35.6 Å². The van der Waals surface area contributed by atoms with Crippen molar-refractivity contribution in [3.8, 4) is 5.88 Å². The molecule has 0 spiro atoms. The van der Waals surface area contributed by atoms with Gasteiger partial charge in [0.05, 0.1) is 31.6 Å². The summed E-state index contributed by atoms with van der Waals surface area (Å²) >= 11 is 1.19. The predicted octanol–water partition coefficient (Wildman–Crippen LogP) is 2.50. The van der Waals surface area contributed by atoms with E-state index in [0.29, 0.717) is 30.0 Å². The molecule has 1 aromatic carbocycles. The smallest absolute Gasteiger partial charge is 0.262 e. The van der Waals surface area contributed by atoms with Crippen LogP contribution in [0, 0.1) is 11.7 Å². The molecule has 2 aromatic rings. The molecule has 11 heteroatoms. The van der Waals surface area contributed by atoms with Crippen LogP contribution in [0.25, 0.3) is 0 Å². The maximum absolute atomic E-state index is 15.1. The Balaban J connectivity index is 1.61. The van der Waals surface area contributed by atoms with E-state index < -0.39 is 16.1 Å². The molecule has 0 bridgehead atoms. The zero-order valence-electron chi connectivity index (χ0n) is 19.4. The lowest BCUT2D eigenvalue weighted by molar-refractivity contribution is -0.169. The number of fused-ring (bicyclic) bond motifs is 1. The first-order chi connectivity index (χ1) is 16.1. The van der Waals surface area contributed by atoms with Gasteiger partial charge >= 0.3 is 0 Å². The Morgan fingerprint density at radius 2 is 2.09 bits per heavy atom. The van der Waals surface area contributed by atoms with Crippen LogP contribution < -0.4 is 10.5 Å². The Hall–Kier alpha value is -3.05. The third-order valence-corrected chi connectivity index (χ3v) is 7.58. The van der Waals surface area contributed by atoms with E-state index in [1.54, 1.807) is 19.1 Å². The summed E-state index contributed by atoms with van der Waals surface area (Å²) in [7, 11) is 2.94. The Morgan fingerprint density at radius 3 is 2.74 bits per heavy atom. The highest BCUT2D eigenvalue weighted by Crippen LogP contribution is 2.66. The van der Waals surface area contributed by atoms with Crippen molar-refractivity contribution in [2.24, 2.45) is 16.6 Å². The summed E-state index contributed by atoms with van der Waals surface area (Å²) in [6, 6.07) is 4.49. The van der Waals surface area contributed by atoms with Gasteiger partial charge in [0.15, 0.2) is 11.0 Å². The van der Waals surface area contributed by atoms with Crippen LogP contribution in [0.5, 0.6) is 5.88 Å². The zero-order valence-corrected chi connectivity index (χ0v) is 20.2. The molecular formula is C23H26FN5O4S. The molecule has 1 fully saturated rings. The number of thioether (sulfide) groups is 1. The van der Waals surface area contributed by atoms with Gasteiger partial charge in [-0.15, -0.1) is 0 Å². The summed E-state index contributed by atoms with van der Waals surface area (Å²) < 4.78 is 19.5. The third-order valence-electron chi connectivity index (χ3n) is 6.29. The van der Waals surface area contributed by atoms with Crippen molar-refractivity contribution < 1.29 is 23.6 Å². The number of nitrogens with two attached hydrogens (primary N) is 1. The van der Waals surface area contributed by atoms with Crippen molar-refractivity contribution in [3.63, 3.8) is 0 Å². The summed E-state index contributed by atoms with van der Waals surface area (Å²) in [5, 5.41) is 1.37. The minimum atomic E-state index is -1.07. The van der Waals surface area contributed by atoms with E-state index in [1.165, 1.54) is 44.4 Å². The maximum atomic E-state index is 15.1. The number of rotatable bonds is 8. The van der Waals surface area contributed by atoms with E-state index in [0.717, 1.165) is 5.06 Å². The number of benzene rings is 1. The number of aliphatic imine (C=N–C) groups is 1. The highest BCUT2D eigenvalue weighted by atomic mass is 32.2. The number of nitrogens with zero attached hydrogens (tertiary/aromatic N) is 4. The number of amidine groups is 1. The predicted molar refractivity (Wildman–Crippen MR) is 125 cm³/mol. The fourth-order valence-corrected chi connectivity index (χ4v) is 5.88. The lowest BCUT2D eigenvalue weighted by atomic mass is 9.84. The molecule has 1 amide bonds. The van der Waals surface area contributed by atoms with E-state index in [2.05, 4.69) is 15.0 Å². The van der Waals surface area contributed by atoms with E-state index in [-0.39, 0.29) is 34.9 Å². The first-order valence-corrected chi connectivity index (χ1v) is 11.6. The number of Topliss-reactive ketones (excluding diaryl/α,β-unsaturated/α-hetero) is 1. The number of carbonyl (C=O) groups is 2. The van der Waals surface area contributed by atoms with Crippen molar-refractivity contribution in [2.45, 2.75) is 37.0 Å². The van der Waals surface area contributed by atoms with E-state index >= 15 is 4.39 Å². The molecule has 2 N–H and O–H groups in total. The topological polar surface area (TPSA) is 120 Å². The summed E-state index contributed by atoms with van der Waals surface area (Å²) in [5.74, 6) is -0.924. The summed E-state index contributed by atoms with van der Waals surface area (Å²) in [4.78, 5) is 43.6. The number of carbonyl (C=O) groups excluding carboxylic acids is 2. The van der Waals surface area contributed by atoms with Gasteiger partial charge in [-0.3, -0.25) is 19.4 Å². The third kappa shape index (κ3) is 4.14. The first-order valence-electron chi connectivity index (χ1n) is 10.8. The quantitative estimate of drug-likeness (QED) is 0.446. The van der Waals surface area contributed by atoms with Gasteiger partial charge in [0.2, 0.25) is 5.88 Å². The van der Waals surface area contributed by atoms with E-state index in [1.807, 2.05) is 6.92 Å². The minimum Gasteiger partial charge on any atom is -0.477 e. The van der Waals surface area contributed by atoms with Crippen molar-refractivity contribution in [1.29, 1.82) is 0 Å². The Bertz CT molecular complexity index is 1160. The highest BCUT2D eigenvalue weighted by Gasteiger charge is 2.71. The van der Waals surface area contributed by atoms with Crippen LogP contribution in [0.2, 0.25) is 0 Å². The average Bonchev–Trinajstić information content (AvgIpc) is 3.56. The molecule has 0 unspecified atom stereocenters. The van der Waals surface area contributed by atoms with Crippen LogP contribution in [0.1, 0.15) is 41.9 Å². The summed E-state index contributed by atoms with van der Waals surface area (Å²) in [6.07, 6.45) is 3.24. The number of amides is 1. The summed E-state index contributed by atoms with van der Waals surface area (Å²) in [6.45, 7) is 4.04. The molecule has 1 aliphatic heterocycles. The van der Waals surface area contributed by atoms with Crippen LogP contribution >= 0.6 is 11.8 Å². The Kier molecular flexibility index (Phi) is 6.34. The lowest BCUT2D eigenvalue weighted by Gasteiger charge is -2.34. The van der Waals surface area contributed by atoms with Crippen LogP contribution in [-0.4, -0.2) is 57.4 Å². The fraction of sp³-hybridized carbons (Fsp3) is 0.435. The monoisotopic (exact) mass is 487 g/mol. The molecule has 2 aliphatic rings. The molecule has 1 saturated carbocycles. The van der Waals surface area contributed by atoms with Crippen LogP contribution in [-0.2, 0) is 21.6 Å². The number of halogens is 1. The molecule has 0 saturated heterocycles. The number of hydroxylamine groups is 2. The molecule has 0 radical (unpaired) electrons. The van der Waals surface area contributed by atoms with Crippen molar-refractivity contribution in [3.05, 3.63) is 53.2 Å². The van der Waals surface area contributed by atoms with Gasteiger partial charge in [0.25, 0.3) is 5.91 Å². The second-order valence-corrected chi connectivity index (χ2v) is 9.77. The molecule has 34 heavy (non-hydrogen) atoms. The number of hydrogen-bond acceptors (Lipinski definition) is 9. The second-order valence-electron chi connectivity index (χ2n) is 8.42. The minimum absolute atomic E-state index is 0.00111. The van der Waals surface area contributed by atoms with Gasteiger partial charge < -0.3 is 10.5 Å². The average molecular weight is 488 g/mol. The molecule has 3 atom stereocenters. The largest absolute Gasteiger partial charge is 0.477 e. The molecular weight excluding hydrogens is 461 g/mol. The molecule has 1 aromatic heterocycles.